The molecule has 2 aliphatic heterocycles. The molecule has 2 aromatic rings. The van der Waals surface area contributed by atoms with Crippen LogP contribution in [-0.2, 0) is 0 Å². The second-order valence-electron chi connectivity index (χ2n) is 5.33. The molecule has 3 heteroatoms. The minimum Gasteiger partial charge on any atom is -0.453 e. The van der Waals surface area contributed by atoms with Crippen LogP contribution in [0.4, 0.5) is 17.1 Å². The van der Waals surface area contributed by atoms with Gasteiger partial charge in [0.25, 0.3) is 0 Å². The predicted octanol–water partition coefficient (Wildman–Crippen LogP) is 4.12. The van der Waals surface area contributed by atoms with E-state index in [1.807, 2.05) is 18.2 Å². The van der Waals surface area contributed by atoms with Gasteiger partial charge in [-0.25, -0.2) is 0 Å². The van der Waals surface area contributed by atoms with Crippen molar-refractivity contribution in [3.63, 3.8) is 0 Å². The maximum Gasteiger partial charge on any atom is 0.153 e. The zero-order valence-electron chi connectivity index (χ0n) is 11.1. The summed E-state index contributed by atoms with van der Waals surface area (Å²) in [5.41, 5.74) is 3.63. The topological polar surface area (TPSA) is 15.7 Å². The molecular weight excluding hydrogens is 236 g/mol. The van der Waals surface area contributed by atoms with Gasteiger partial charge in [-0.15, -0.1) is 0 Å². The van der Waals surface area contributed by atoms with Gasteiger partial charge in [-0.1, -0.05) is 18.2 Å². The van der Waals surface area contributed by atoms with Crippen molar-refractivity contribution in [3.05, 3.63) is 42.5 Å². The fraction of sp³-hybridized carbons (Fsp3) is 0.250. The van der Waals surface area contributed by atoms with Crippen LogP contribution in [0.15, 0.2) is 42.5 Å². The molecule has 0 saturated carbocycles. The van der Waals surface area contributed by atoms with E-state index < -0.39 is 0 Å². The van der Waals surface area contributed by atoms with Crippen LogP contribution in [-0.4, -0.2) is 12.7 Å². The van der Waals surface area contributed by atoms with Gasteiger partial charge in [0.2, 0.25) is 0 Å². The van der Waals surface area contributed by atoms with Crippen LogP contribution in [0, 0.1) is 0 Å². The van der Waals surface area contributed by atoms with Crippen LogP contribution in [0.2, 0.25) is 0 Å². The fourth-order valence-electron chi connectivity index (χ4n) is 2.92. The van der Waals surface area contributed by atoms with Crippen LogP contribution >= 0.6 is 0 Å². The Morgan fingerprint density at radius 3 is 2.53 bits per heavy atom. The molecule has 0 aromatic heterocycles. The minimum absolute atomic E-state index is 0.476. The van der Waals surface area contributed by atoms with Crippen molar-refractivity contribution in [2.24, 2.45) is 0 Å². The third-order valence-corrected chi connectivity index (χ3v) is 3.85. The molecule has 2 aromatic carbocycles. The highest BCUT2D eigenvalue weighted by Gasteiger charge is 2.35. The molecule has 0 N–H and O–H groups in total. The molecule has 0 spiro atoms. The number of hydrogen-bond donors (Lipinski definition) is 0. The molecule has 2 aliphatic rings. The number of hydrogen-bond acceptors (Lipinski definition) is 3. The van der Waals surface area contributed by atoms with Gasteiger partial charge >= 0.3 is 0 Å². The molecule has 4 rings (SSSR count). The predicted molar refractivity (Wildman–Crippen MR) is 77.6 cm³/mol. The van der Waals surface area contributed by atoms with E-state index in [0.717, 1.165) is 23.9 Å². The molecule has 0 amide bonds. The molecule has 0 aliphatic carbocycles. The molecule has 0 radical (unpaired) electrons. The van der Waals surface area contributed by atoms with E-state index >= 15 is 0 Å². The van der Waals surface area contributed by atoms with E-state index in [4.69, 9.17) is 4.74 Å². The summed E-state index contributed by atoms with van der Waals surface area (Å²) in [6, 6.07) is 15.0. The lowest BCUT2D eigenvalue weighted by molar-refractivity contribution is 0.475. The molecule has 3 nitrogen and oxygen atoms in total. The summed E-state index contributed by atoms with van der Waals surface area (Å²) in [5, 5.41) is 0. The Labute approximate surface area is 113 Å². The second kappa shape index (κ2) is 3.67. The lowest BCUT2D eigenvalue weighted by atomic mass is 10.1. The van der Waals surface area contributed by atoms with Crippen LogP contribution < -0.4 is 14.5 Å². The van der Waals surface area contributed by atoms with E-state index in [2.05, 4.69) is 47.9 Å². The van der Waals surface area contributed by atoms with E-state index in [-0.39, 0.29) is 0 Å². The van der Waals surface area contributed by atoms with Crippen molar-refractivity contribution >= 4 is 17.1 Å². The summed E-state index contributed by atoms with van der Waals surface area (Å²) < 4.78 is 6.03. The van der Waals surface area contributed by atoms with Gasteiger partial charge in [0.1, 0.15) is 5.69 Å². The Balaban J connectivity index is 1.94. The van der Waals surface area contributed by atoms with Crippen molar-refractivity contribution in [3.8, 4) is 11.5 Å². The number of benzene rings is 2. The first-order valence-corrected chi connectivity index (χ1v) is 6.70. The summed E-state index contributed by atoms with van der Waals surface area (Å²) in [4.78, 5) is 4.76. The standard InChI is InChI=1S/C16H16N2O/c1-11(2)17-10-18-12-6-3-4-8-14(12)19-15-9-5-7-13(17)16(15)18/h3-9,11H,10H2,1-2H3. The smallest absolute Gasteiger partial charge is 0.153 e. The van der Waals surface area contributed by atoms with Gasteiger partial charge in [0, 0.05) is 6.04 Å². The zero-order valence-corrected chi connectivity index (χ0v) is 11.1. The summed E-state index contributed by atoms with van der Waals surface area (Å²) in [7, 11) is 0. The van der Waals surface area contributed by atoms with Gasteiger partial charge in [-0.3, -0.25) is 0 Å². The van der Waals surface area contributed by atoms with Gasteiger partial charge in [-0.05, 0) is 38.1 Å². The van der Waals surface area contributed by atoms with Gasteiger partial charge in [0.05, 0.1) is 18.0 Å². The van der Waals surface area contributed by atoms with Gasteiger partial charge < -0.3 is 14.5 Å². The van der Waals surface area contributed by atoms with E-state index in [1.165, 1.54) is 11.4 Å². The van der Waals surface area contributed by atoms with E-state index in [1.54, 1.807) is 0 Å². The number of rotatable bonds is 1. The van der Waals surface area contributed by atoms with Gasteiger partial charge in [-0.2, -0.15) is 0 Å². The highest BCUT2D eigenvalue weighted by Crippen LogP contribution is 2.54. The molecule has 0 fully saturated rings. The maximum atomic E-state index is 6.03. The largest absolute Gasteiger partial charge is 0.453 e. The third kappa shape index (κ3) is 1.38. The summed E-state index contributed by atoms with van der Waals surface area (Å²) in [6.07, 6.45) is 0. The second-order valence-corrected chi connectivity index (χ2v) is 5.33. The number of fused-ring (bicyclic) bond motifs is 2. The molecule has 2 heterocycles. The minimum atomic E-state index is 0.476. The monoisotopic (exact) mass is 252 g/mol. The SMILES string of the molecule is CC(C)N1CN2c3ccccc3Oc3cccc1c32. The average Bonchev–Trinajstić information content (AvgIpc) is 2.81. The summed E-state index contributed by atoms with van der Waals surface area (Å²) in [6.45, 7) is 5.35. The molecule has 96 valence electrons. The van der Waals surface area contributed by atoms with Crippen molar-refractivity contribution in [1.29, 1.82) is 0 Å². The molecular formula is C16H16N2O. The van der Waals surface area contributed by atoms with Crippen LogP contribution in [0.25, 0.3) is 0 Å². The molecule has 0 bridgehead atoms. The van der Waals surface area contributed by atoms with Crippen molar-refractivity contribution in [1.82, 2.24) is 0 Å². The molecule has 0 unspecified atom stereocenters. The van der Waals surface area contributed by atoms with E-state index in [0.29, 0.717) is 6.04 Å². The Morgan fingerprint density at radius 2 is 1.68 bits per heavy atom. The first-order valence-electron chi connectivity index (χ1n) is 6.70. The lowest BCUT2D eigenvalue weighted by Gasteiger charge is -2.28. The van der Waals surface area contributed by atoms with E-state index in [9.17, 15) is 0 Å². The first-order chi connectivity index (χ1) is 9.25. The zero-order chi connectivity index (χ0) is 13.0. The quantitative estimate of drug-likeness (QED) is 0.759. The molecule has 0 saturated heterocycles. The molecule has 19 heavy (non-hydrogen) atoms. The van der Waals surface area contributed by atoms with Gasteiger partial charge in [0.15, 0.2) is 11.5 Å². The Hall–Kier alpha value is -2.16. The summed E-state index contributed by atoms with van der Waals surface area (Å²) >= 11 is 0. The highest BCUT2D eigenvalue weighted by atomic mass is 16.5. The Kier molecular flexibility index (Phi) is 2.07. The van der Waals surface area contributed by atoms with Crippen LogP contribution in [0.3, 0.4) is 0 Å². The maximum absolute atomic E-state index is 6.03. The van der Waals surface area contributed by atoms with Crippen LogP contribution in [0.1, 0.15) is 13.8 Å². The van der Waals surface area contributed by atoms with Crippen molar-refractivity contribution < 1.29 is 4.74 Å². The third-order valence-electron chi connectivity index (χ3n) is 3.85. The number of ether oxygens (including phenoxy) is 1. The van der Waals surface area contributed by atoms with Crippen molar-refractivity contribution in [2.45, 2.75) is 19.9 Å². The lowest BCUT2D eigenvalue weighted by Crippen LogP contribution is -2.33. The molecule has 0 atom stereocenters. The number of para-hydroxylation sites is 3. The average molecular weight is 252 g/mol. The Morgan fingerprint density at radius 1 is 0.947 bits per heavy atom. The van der Waals surface area contributed by atoms with Crippen molar-refractivity contribution in [2.75, 3.05) is 16.5 Å². The number of anilines is 3. The normalized spacial score (nSPS) is 15.3. The first kappa shape index (κ1) is 10.7. The highest BCUT2D eigenvalue weighted by molar-refractivity contribution is 5.91. The Bertz CT molecular complexity index is 651. The number of nitrogens with zero attached hydrogens (tertiary/aromatic N) is 2. The van der Waals surface area contributed by atoms with Crippen LogP contribution in [0.5, 0.6) is 11.5 Å². The fourth-order valence-corrected chi connectivity index (χ4v) is 2.92. The summed E-state index contributed by atoms with van der Waals surface area (Å²) in [5.74, 6) is 1.90.